The number of ketones is 1. The molecule has 1 N–H and O–H groups in total. The van der Waals surface area contributed by atoms with Gasteiger partial charge in [-0.1, -0.05) is 76.8 Å². The number of carboxylic acid groups (broad SMARTS) is 1. The Morgan fingerprint density at radius 1 is 0.826 bits per heavy atom. The van der Waals surface area contributed by atoms with Gasteiger partial charge in [-0.2, -0.15) is 0 Å². The summed E-state index contributed by atoms with van der Waals surface area (Å²) < 4.78 is 0. The summed E-state index contributed by atoms with van der Waals surface area (Å²) in [7, 11) is 0. The van der Waals surface area contributed by atoms with Crippen LogP contribution in [0.4, 0.5) is 0 Å². The molecule has 0 spiro atoms. The zero-order chi connectivity index (χ0) is 16.9. The van der Waals surface area contributed by atoms with E-state index in [1.54, 1.807) is 12.1 Å². The van der Waals surface area contributed by atoms with Crippen LogP contribution in [0.3, 0.4) is 0 Å². The quantitative estimate of drug-likeness (QED) is 0.365. The molecule has 23 heavy (non-hydrogen) atoms. The minimum Gasteiger partial charge on any atom is -0.478 e. The molecule has 1 aromatic rings. The van der Waals surface area contributed by atoms with Crippen LogP contribution in [0.1, 0.15) is 98.3 Å². The molecule has 0 fully saturated rings. The fraction of sp³-hybridized carbons (Fsp3) is 0.600. The molecule has 0 saturated carbocycles. The van der Waals surface area contributed by atoms with Crippen LogP contribution >= 0.6 is 0 Å². The van der Waals surface area contributed by atoms with Gasteiger partial charge in [0.05, 0.1) is 5.56 Å². The van der Waals surface area contributed by atoms with E-state index >= 15 is 0 Å². The lowest BCUT2D eigenvalue weighted by molar-refractivity contribution is 0.0697. The summed E-state index contributed by atoms with van der Waals surface area (Å²) in [6.45, 7) is 2.24. The van der Waals surface area contributed by atoms with Gasteiger partial charge in [-0.25, -0.2) is 4.79 Å². The third kappa shape index (κ3) is 8.53. The molecule has 0 saturated heterocycles. The first-order valence-electron chi connectivity index (χ1n) is 9.01. The van der Waals surface area contributed by atoms with E-state index in [1.165, 1.54) is 63.5 Å². The van der Waals surface area contributed by atoms with Crippen molar-refractivity contribution in [3.05, 3.63) is 35.4 Å². The van der Waals surface area contributed by atoms with E-state index in [4.69, 9.17) is 5.11 Å². The standard InChI is InChI=1S/C20H30O3/c1-2-3-4-5-6-7-8-9-10-11-15-19(21)17-13-12-14-18(16-17)20(22)23/h12-14,16H,2-11,15H2,1H3,(H,22,23). The van der Waals surface area contributed by atoms with Gasteiger partial charge in [0.15, 0.2) is 5.78 Å². The SMILES string of the molecule is CCCCCCCCCCCCC(=O)c1cccc(C(=O)O)c1. The van der Waals surface area contributed by atoms with Crippen molar-refractivity contribution in [2.24, 2.45) is 0 Å². The van der Waals surface area contributed by atoms with Gasteiger partial charge in [-0.3, -0.25) is 4.79 Å². The monoisotopic (exact) mass is 318 g/mol. The molecule has 3 nitrogen and oxygen atoms in total. The van der Waals surface area contributed by atoms with Crippen molar-refractivity contribution < 1.29 is 14.7 Å². The highest BCUT2D eigenvalue weighted by molar-refractivity contribution is 5.98. The first-order chi connectivity index (χ1) is 11.1. The number of rotatable bonds is 13. The Morgan fingerprint density at radius 2 is 1.35 bits per heavy atom. The number of aromatic carboxylic acids is 1. The predicted molar refractivity (Wildman–Crippen MR) is 94.2 cm³/mol. The van der Waals surface area contributed by atoms with Gasteiger partial charge in [0.2, 0.25) is 0 Å². The summed E-state index contributed by atoms with van der Waals surface area (Å²) in [6.07, 6.45) is 12.9. The van der Waals surface area contributed by atoms with Gasteiger partial charge in [0.1, 0.15) is 0 Å². The molecule has 0 aliphatic rings. The minimum atomic E-state index is -0.987. The molecule has 0 amide bonds. The highest BCUT2D eigenvalue weighted by Gasteiger charge is 2.09. The van der Waals surface area contributed by atoms with Crippen LogP contribution in [0.2, 0.25) is 0 Å². The van der Waals surface area contributed by atoms with Crippen LogP contribution in [0.15, 0.2) is 24.3 Å². The number of carbonyl (C=O) groups excluding carboxylic acids is 1. The van der Waals surface area contributed by atoms with E-state index in [9.17, 15) is 9.59 Å². The zero-order valence-electron chi connectivity index (χ0n) is 14.4. The maximum absolute atomic E-state index is 12.1. The lowest BCUT2D eigenvalue weighted by Crippen LogP contribution is -2.02. The van der Waals surface area contributed by atoms with Crippen LogP contribution in [0, 0.1) is 0 Å². The van der Waals surface area contributed by atoms with E-state index in [0.717, 1.165) is 12.8 Å². The third-order valence-corrected chi connectivity index (χ3v) is 4.19. The number of hydrogen-bond donors (Lipinski definition) is 1. The minimum absolute atomic E-state index is 0.0488. The molecule has 1 rings (SSSR count). The van der Waals surface area contributed by atoms with E-state index < -0.39 is 5.97 Å². The number of unbranched alkanes of at least 4 members (excludes halogenated alkanes) is 9. The Labute approximate surface area is 140 Å². The Balaban J connectivity index is 2.10. The number of hydrogen-bond acceptors (Lipinski definition) is 2. The third-order valence-electron chi connectivity index (χ3n) is 4.19. The second-order valence-electron chi connectivity index (χ2n) is 6.24. The first-order valence-corrected chi connectivity index (χ1v) is 9.01. The second-order valence-corrected chi connectivity index (χ2v) is 6.24. The lowest BCUT2D eigenvalue weighted by atomic mass is 10.0. The molecule has 0 aliphatic heterocycles. The Kier molecular flexibility index (Phi) is 10.0. The van der Waals surface area contributed by atoms with Gasteiger partial charge in [-0.05, 0) is 18.6 Å². The smallest absolute Gasteiger partial charge is 0.335 e. The summed E-state index contributed by atoms with van der Waals surface area (Å²) in [5.41, 5.74) is 0.694. The maximum Gasteiger partial charge on any atom is 0.335 e. The molecule has 0 unspecified atom stereocenters. The topological polar surface area (TPSA) is 54.4 Å². The largest absolute Gasteiger partial charge is 0.478 e. The number of carbonyl (C=O) groups is 2. The fourth-order valence-corrected chi connectivity index (χ4v) is 2.74. The van der Waals surface area contributed by atoms with Crippen molar-refractivity contribution in [3.63, 3.8) is 0 Å². The molecule has 0 atom stereocenters. The molecule has 1 aromatic carbocycles. The normalized spacial score (nSPS) is 10.7. The molecular weight excluding hydrogens is 288 g/mol. The van der Waals surface area contributed by atoms with Crippen molar-refractivity contribution in [3.8, 4) is 0 Å². The van der Waals surface area contributed by atoms with Crippen molar-refractivity contribution >= 4 is 11.8 Å². The van der Waals surface area contributed by atoms with E-state index in [-0.39, 0.29) is 11.3 Å². The molecule has 0 heterocycles. The van der Waals surface area contributed by atoms with E-state index in [2.05, 4.69) is 6.92 Å². The Morgan fingerprint density at radius 3 is 1.91 bits per heavy atom. The molecule has 0 radical (unpaired) electrons. The maximum atomic E-state index is 12.1. The van der Waals surface area contributed by atoms with E-state index in [1.807, 2.05) is 0 Å². The molecule has 128 valence electrons. The van der Waals surface area contributed by atoms with Gasteiger partial charge < -0.3 is 5.11 Å². The van der Waals surface area contributed by atoms with Crippen LogP contribution in [-0.2, 0) is 0 Å². The average molecular weight is 318 g/mol. The Bertz CT molecular complexity index is 480. The second kappa shape index (κ2) is 11.9. The Hall–Kier alpha value is -1.64. The molecule has 0 aliphatic carbocycles. The van der Waals surface area contributed by atoms with Gasteiger partial charge >= 0.3 is 5.97 Å². The van der Waals surface area contributed by atoms with Crippen molar-refractivity contribution in [2.45, 2.75) is 77.6 Å². The van der Waals surface area contributed by atoms with Crippen molar-refractivity contribution in [1.29, 1.82) is 0 Å². The van der Waals surface area contributed by atoms with Gasteiger partial charge in [-0.15, -0.1) is 0 Å². The summed E-state index contributed by atoms with van der Waals surface area (Å²) in [6, 6.07) is 6.32. The van der Waals surface area contributed by atoms with Gasteiger partial charge in [0, 0.05) is 12.0 Å². The fourth-order valence-electron chi connectivity index (χ4n) is 2.74. The van der Waals surface area contributed by atoms with Crippen molar-refractivity contribution in [2.75, 3.05) is 0 Å². The van der Waals surface area contributed by atoms with Crippen LogP contribution in [0.25, 0.3) is 0 Å². The average Bonchev–Trinajstić information content (AvgIpc) is 2.56. The summed E-state index contributed by atoms with van der Waals surface area (Å²) >= 11 is 0. The molecule has 0 aromatic heterocycles. The highest BCUT2D eigenvalue weighted by Crippen LogP contribution is 2.14. The van der Waals surface area contributed by atoms with Crippen LogP contribution < -0.4 is 0 Å². The zero-order valence-corrected chi connectivity index (χ0v) is 14.4. The lowest BCUT2D eigenvalue weighted by Gasteiger charge is -2.04. The molecular formula is C20H30O3. The van der Waals surface area contributed by atoms with Crippen LogP contribution in [0.5, 0.6) is 0 Å². The first kappa shape index (κ1) is 19.4. The predicted octanol–water partition coefficient (Wildman–Crippen LogP) is 5.88. The number of benzene rings is 1. The van der Waals surface area contributed by atoms with Crippen LogP contribution in [-0.4, -0.2) is 16.9 Å². The molecule has 3 heteroatoms. The summed E-state index contributed by atoms with van der Waals surface area (Å²) in [5.74, 6) is -0.939. The molecule has 0 bridgehead atoms. The van der Waals surface area contributed by atoms with Crippen molar-refractivity contribution in [1.82, 2.24) is 0 Å². The highest BCUT2D eigenvalue weighted by atomic mass is 16.4. The summed E-state index contributed by atoms with van der Waals surface area (Å²) in [5, 5.41) is 8.94. The van der Waals surface area contributed by atoms with Gasteiger partial charge in [0.25, 0.3) is 0 Å². The number of carboxylic acids is 1. The van der Waals surface area contributed by atoms with E-state index in [0.29, 0.717) is 12.0 Å². The number of Topliss-reactive ketones (excluding diaryl/α,β-unsaturated/α-hetero) is 1. The summed E-state index contributed by atoms with van der Waals surface area (Å²) in [4.78, 5) is 23.0.